The summed E-state index contributed by atoms with van der Waals surface area (Å²) in [7, 11) is 0. The van der Waals surface area contributed by atoms with Crippen LogP contribution in [0.15, 0.2) is 46.3 Å². The molecule has 2 rings (SSSR count). The third kappa shape index (κ3) is 4.68. The summed E-state index contributed by atoms with van der Waals surface area (Å²) in [5, 5.41) is 4.74. The van der Waals surface area contributed by atoms with E-state index >= 15 is 0 Å². The summed E-state index contributed by atoms with van der Waals surface area (Å²) in [5.74, 6) is -0.838. The van der Waals surface area contributed by atoms with Crippen LogP contribution in [0.1, 0.15) is 28.2 Å². The Morgan fingerprint density at radius 2 is 2.14 bits per heavy atom. The number of carbonyl (C=O) groups is 2. The minimum atomic E-state index is -0.518. The number of benzene rings is 1. The number of ether oxygens (including phenoxy) is 1. The number of rotatable bonds is 5. The van der Waals surface area contributed by atoms with Gasteiger partial charge in [-0.05, 0) is 36.6 Å². The van der Waals surface area contributed by atoms with Crippen molar-refractivity contribution in [1.82, 2.24) is 5.32 Å². The first-order valence-corrected chi connectivity index (χ1v) is 7.99. The monoisotopic (exact) mass is 367 g/mol. The normalized spacial score (nSPS) is 11.7. The Balaban J connectivity index is 1.82. The van der Waals surface area contributed by atoms with Crippen LogP contribution in [0.5, 0.6) is 0 Å². The molecule has 0 fully saturated rings. The molecule has 2 aromatic rings. The second kappa shape index (κ2) is 7.38. The summed E-state index contributed by atoms with van der Waals surface area (Å²) in [6.07, 6.45) is 0. The second-order valence-corrected chi connectivity index (χ2v) is 6.29. The Morgan fingerprint density at radius 1 is 1.33 bits per heavy atom. The molecule has 1 aromatic heterocycles. The molecule has 0 saturated heterocycles. The van der Waals surface area contributed by atoms with Crippen LogP contribution in [0.4, 0.5) is 0 Å². The molecule has 21 heavy (non-hydrogen) atoms. The van der Waals surface area contributed by atoms with E-state index in [1.165, 1.54) is 0 Å². The van der Waals surface area contributed by atoms with Crippen LogP contribution in [0, 0.1) is 0 Å². The molecule has 1 atom stereocenters. The van der Waals surface area contributed by atoms with Crippen LogP contribution in [0.2, 0.25) is 0 Å². The van der Waals surface area contributed by atoms with E-state index in [4.69, 9.17) is 4.74 Å². The standard InChI is InChI=1S/C15H14BrNO3S/c1-10(13-6-3-7-21-13)17-14(18)9-20-15(19)11-4-2-5-12(16)8-11/h2-8,10H,9H2,1H3,(H,17,18)/t10-/m1/s1. The minimum Gasteiger partial charge on any atom is -0.452 e. The number of nitrogens with one attached hydrogen (secondary N) is 1. The van der Waals surface area contributed by atoms with Crippen molar-refractivity contribution in [2.45, 2.75) is 13.0 Å². The van der Waals surface area contributed by atoms with Gasteiger partial charge in [-0.2, -0.15) is 0 Å². The van der Waals surface area contributed by atoms with Gasteiger partial charge in [-0.3, -0.25) is 4.79 Å². The van der Waals surface area contributed by atoms with Crippen molar-refractivity contribution in [1.29, 1.82) is 0 Å². The molecule has 1 N–H and O–H groups in total. The number of esters is 1. The van der Waals surface area contributed by atoms with Gasteiger partial charge in [0.2, 0.25) is 0 Å². The highest BCUT2D eigenvalue weighted by Crippen LogP contribution is 2.18. The van der Waals surface area contributed by atoms with E-state index in [-0.39, 0.29) is 18.6 Å². The topological polar surface area (TPSA) is 55.4 Å². The van der Waals surface area contributed by atoms with Gasteiger partial charge in [0.1, 0.15) is 0 Å². The Labute approximate surface area is 135 Å². The first-order valence-electron chi connectivity index (χ1n) is 6.31. The van der Waals surface area contributed by atoms with Gasteiger partial charge in [0.15, 0.2) is 6.61 Å². The number of thiophene rings is 1. The summed E-state index contributed by atoms with van der Waals surface area (Å²) in [6.45, 7) is 1.60. The SMILES string of the molecule is C[C@@H](NC(=O)COC(=O)c1cccc(Br)c1)c1cccs1. The Hall–Kier alpha value is -1.66. The predicted octanol–water partition coefficient (Wildman–Crippen LogP) is 3.54. The zero-order valence-electron chi connectivity index (χ0n) is 11.3. The molecule has 1 heterocycles. The van der Waals surface area contributed by atoms with Gasteiger partial charge in [0.25, 0.3) is 5.91 Å². The highest BCUT2D eigenvalue weighted by molar-refractivity contribution is 9.10. The smallest absolute Gasteiger partial charge is 0.338 e. The van der Waals surface area contributed by atoms with E-state index in [1.54, 1.807) is 29.5 Å². The largest absolute Gasteiger partial charge is 0.452 e. The molecule has 4 nitrogen and oxygen atoms in total. The average molecular weight is 368 g/mol. The van der Waals surface area contributed by atoms with Crippen molar-refractivity contribution >= 4 is 39.1 Å². The number of hydrogen-bond donors (Lipinski definition) is 1. The third-order valence-electron chi connectivity index (χ3n) is 2.74. The fraction of sp³-hybridized carbons (Fsp3) is 0.200. The van der Waals surface area contributed by atoms with Crippen LogP contribution in [0.25, 0.3) is 0 Å². The highest BCUT2D eigenvalue weighted by atomic mass is 79.9. The average Bonchev–Trinajstić information content (AvgIpc) is 2.99. The fourth-order valence-electron chi connectivity index (χ4n) is 1.72. The number of amides is 1. The van der Waals surface area contributed by atoms with Gasteiger partial charge in [0.05, 0.1) is 11.6 Å². The van der Waals surface area contributed by atoms with Crippen LogP contribution in [0.3, 0.4) is 0 Å². The summed E-state index contributed by atoms with van der Waals surface area (Å²) < 4.78 is 5.78. The molecule has 0 bridgehead atoms. The lowest BCUT2D eigenvalue weighted by atomic mass is 10.2. The summed E-state index contributed by atoms with van der Waals surface area (Å²) in [6, 6.07) is 10.6. The van der Waals surface area contributed by atoms with Gasteiger partial charge in [-0.1, -0.05) is 28.1 Å². The molecule has 0 aliphatic heterocycles. The maximum Gasteiger partial charge on any atom is 0.338 e. The van der Waals surface area contributed by atoms with Crippen molar-refractivity contribution in [2.24, 2.45) is 0 Å². The molecule has 0 aliphatic rings. The van der Waals surface area contributed by atoms with E-state index in [1.807, 2.05) is 30.5 Å². The molecule has 0 radical (unpaired) electrons. The lowest BCUT2D eigenvalue weighted by molar-refractivity contribution is -0.124. The molecular formula is C15H14BrNO3S. The molecule has 1 aromatic carbocycles. The minimum absolute atomic E-state index is 0.0953. The summed E-state index contributed by atoms with van der Waals surface area (Å²) in [5.41, 5.74) is 0.406. The van der Waals surface area contributed by atoms with E-state index in [2.05, 4.69) is 21.2 Å². The summed E-state index contributed by atoms with van der Waals surface area (Å²) in [4.78, 5) is 24.6. The van der Waals surface area contributed by atoms with E-state index in [0.717, 1.165) is 9.35 Å². The van der Waals surface area contributed by atoms with Gasteiger partial charge in [0, 0.05) is 9.35 Å². The van der Waals surface area contributed by atoms with Gasteiger partial charge in [-0.25, -0.2) is 4.79 Å². The lowest BCUT2D eigenvalue weighted by Gasteiger charge is -2.12. The van der Waals surface area contributed by atoms with E-state index in [0.29, 0.717) is 5.56 Å². The first-order chi connectivity index (χ1) is 10.1. The molecule has 0 spiro atoms. The maximum atomic E-state index is 11.8. The Kier molecular flexibility index (Phi) is 5.52. The maximum absolute atomic E-state index is 11.8. The predicted molar refractivity (Wildman–Crippen MR) is 85.3 cm³/mol. The second-order valence-electron chi connectivity index (χ2n) is 4.39. The van der Waals surface area contributed by atoms with Gasteiger partial charge >= 0.3 is 5.97 Å². The molecule has 0 unspecified atom stereocenters. The van der Waals surface area contributed by atoms with Crippen LogP contribution < -0.4 is 5.32 Å². The number of carbonyl (C=O) groups excluding carboxylic acids is 2. The van der Waals surface area contributed by atoms with Crippen LogP contribution >= 0.6 is 27.3 Å². The zero-order valence-corrected chi connectivity index (χ0v) is 13.7. The van der Waals surface area contributed by atoms with E-state index < -0.39 is 5.97 Å². The number of hydrogen-bond acceptors (Lipinski definition) is 4. The van der Waals surface area contributed by atoms with Crippen molar-refractivity contribution < 1.29 is 14.3 Å². The van der Waals surface area contributed by atoms with Crippen molar-refractivity contribution in [3.8, 4) is 0 Å². The van der Waals surface area contributed by atoms with Crippen molar-refractivity contribution in [3.63, 3.8) is 0 Å². The zero-order chi connectivity index (χ0) is 15.2. The fourth-order valence-corrected chi connectivity index (χ4v) is 2.86. The molecule has 0 aliphatic carbocycles. The highest BCUT2D eigenvalue weighted by Gasteiger charge is 2.13. The van der Waals surface area contributed by atoms with Crippen LogP contribution in [-0.2, 0) is 9.53 Å². The van der Waals surface area contributed by atoms with Crippen LogP contribution in [-0.4, -0.2) is 18.5 Å². The van der Waals surface area contributed by atoms with E-state index in [9.17, 15) is 9.59 Å². The van der Waals surface area contributed by atoms with Gasteiger partial charge in [-0.15, -0.1) is 11.3 Å². The quantitative estimate of drug-likeness (QED) is 0.822. The molecule has 6 heteroatoms. The first kappa shape index (κ1) is 15.7. The lowest BCUT2D eigenvalue weighted by Crippen LogP contribution is -2.30. The van der Waals surface area contributed by atoms with Gasteiger partial charge < -0.3 is 10.1 Å². The Morgan fingerprint density at radius 3 is 2.81 bits per heavy atom. The molecular weight excluding hydrogens is 354 g/mol. The number of halogens is 1. The van der Waals surface area contributed by atoms with Crippen molar-refractivity contribution in [2.75, 3.05) is 6.61 Å². The molecule has 110 valence electrons. The Bertz CT molecular complexity index is 628. The van der Waals surface area contributed by atoms with Crippen molar-refractivity contribution in [3.05, 3.63) is 56.7 Å². The summed E-state index contributed by atoms with van der Waals surface area (Å²) >= 11 is 4.85. The third-order valence-corrected chi connectivity index (χ3v) is 4.29. The molecule has 0 saturated carbocycles. The molecule has 1 amide bonds.